The average Bonchev–Trinajstić information content (AvgIpc) is 3.22. The first-order valence-electron chi connectivity index (χ1n) is 8.21. The SMILES string of the molecule is CCOc1ccc2oc(C(=O)OCC(=O)N3CCCC3)c(C)c2c1. The van der Waals surface area contributed by atoms with Gasteiger partial charge in [-0.3, -0.25) is 4.79 Å². The zero-order valence-corrected chi connectivity index (χ0v) is 14.0. The molecular weight excluding hydrogens is 310 g/mol. The largest absolute Gasteiger partial charge is 0.494 e. The van der Waals surface area contributed by atoms with E-state index in [1.54, 1.807) is 24.0 Å². The summed E-state index contributed by atoms with van der Waals surface area (Å²) in [4.78, 5) is 25.9. The molecule has 0 radical (unpaired) electrons. The fourth-order valence-corrected chi connectivity index (χ4v) is 2.90. The van der Waals surface area contributed by atoms with Crippen molar-refractivity contribution >= 4 is 22.8 Å². The zero-order chi connectivity index (χ0) is 17.1. The molecule has 1 fully saturated rings. The number of carbonyl (C=O) groups is 2. The number of fused-ring (bicyclic) bond motifs is 1. The minimum absolute atomic E-state index is 0.132. The topological polar surface area (TPSA) is 69.0 Å². The maximum Gasteiger partial charge on any atom is 0.375 e. The highest BCUT2D eigenvalue weighted by Gasteiger charge is 2.23. The van der Waals surface area contributed by atoms with Gasteiger partial charge in [0.25, 0.3) is 5.91 Å². The second-order valence-corrected chi connectivity index (χ2v) is 5.81. The number of furan rings is 1. The number of hydrogen-bond acceptors (Lipinski definition) is 5. The number of ether oxygens (including phenoxy) is 2. The standard InChI is InChI=1S/C18H21NO5/c1-3-22-13-6-7-15-14(10-13)12(2)17(24-15)18(21)23-11-16(20)19-8-4-5-9-19/h6-7,10H,3-5,8-9,11H2,1-2H3. The van der Waals surface area contributed by atoms with Crippen molar-refractivity contribution in [3.63, 3.8) is 0 Å². The molecule has 0 atom stereocenters. The first-order valence-corrected chi connectivity index (χ1v) is 8.21. The molecule has 2 heterocycles. The van der Waals surface area contributed by atoms with Crippen LogP contribution in [0.3, 0.4) is 0 Å². The average molecular weight is 331 g/mol. The van der Waals surface area contributed by atoms with Crippen molar-refractivity contribution in [1.29, 1.82) is 0 Å². The molecule has 0 aliphatic carbocycles. The molecule has 0 unspecified atom stereocenters. The van der Waals surface area contributed by atoms with Crippen LogP contribution in [0.1, 0.15) is 35.9 Å². The molecule has 24 heavy (non-hydrogen) atoms. The minimum Gasteiger partial charge on any atom is -0.494 e. The summed E-state index contributed by atoms with van der Waals surface area (Å²) in [5.41, 5.74) is 1.28. The smallest absolute Gasteiger partial charge is 0.375 e. The van der Waals surface area contributed by atoms with E-state index >= 15 is 0 Å². The van der Waals surface area contributed by atoms with E-state index in [0.717, 1.165) is 37.1 Å². The Labute approximate surface area is 140 Å². The molecule has 128 valence electrons. The van der Waals surface area contributed by atoms with Crippen LogP contribution in [-0.2, 0) is 9.53 Å². The van der Waals surface area contributed by atoms with Crippen LogP contribution in [0.5, 0.6) is 5.75 Å². The lowest BCUT2D eigenvalue weighted by atomic mass is 10.1. The van der Waals surface area contributed by atoms with E-state index < -0.39 is 5.97 Å². The second kappa shape index (κ2) is 6.95. The summed E-state index contributed by atoms with van der Waals surface area (Å²) in [7, 11) is 0. The van der Waals surface area contributed by atoms with Gasteiger partial charge in [0.2, 0.25) is 5.76 Å². The molecule has 1 saturated heterocycles. The Hall–Kier alpha value is -2.50. The first-order chi connectivity index (χ1) is 11.6. The molecule has 6 heteroatoms. The molecule has 1 aliphatic rings. The van der Waals surface area contributed by atoms with Crippen molar-refractivity contribution in [2.45, 2.75) is 26.7 Å². The maximum atomic E-state index is 12.2. The van der Waals surface area contributed by atoms with Crippen LogP contribution in [0.2, 0.25) is 0 Å². The molecule has 1 aromatic carbocycles. The molecule has 1 aliphatic heterocycles. The summed E-state index contributed by atoms with van der Waals surface area (Å²) in [5.74, 6) is 0.0772. The lowest BCUT2D eigenvalue weighted by Crippen LogP contribution is -2.32. The summed E-state index contributed by atoms with van der Waals surface area (Å²) >= 11 is 0. The van der Waals surface area contributed by atoms with Gasteiger partial charge in [-0.05, 0) is 44.9 Å². The third kappa shape index (κ3) is 3.22. The molecule has 0 N–H and O–H groups in total. The molecule has 2 aromatic rings. The summed E-state index contributed by atoms with van der Waals surface area (Å²) in [6.45, 7) is 5.49. The fraction of sp³-hybridized carbons (Fsp3) is 0.444. The van der Waals surface area contributed by atoms with Gasteiger partial charge >= 0.3 is 5.97 Å². The highest BCUT2D eigenvalue weighted by Crippen LogP contribution is 2.29. The summed E-state index contributed by atoms with van der Waals surface area (Å²) in [6.07, 6.45) is 2.01. The van der Waals surface area contributed by atoms with Gasteiger partial charge in [0.15, 0.2) is 6.61 Å². The van der Waals surface area contributed by atoms with Crippen molar-refractivity contribution in [3.8, 4) is 5.75 Å². The first kappa shape index (κ1) is 16.4. The van der Waals surface area contributed by atoms with Crippen LogP contribution in [0.15, 0.2) is 22.6 Å². The number of esters is 1. The van der Waals surface area contributed by atoms with E-state index in [0.29, 0.717) is 17.8 Å². The lowest BCUT2D eigenvalue weighted by Gasteiger charge is -2.14. The van der Waals surface area contributed by atoms with Crippen LogP contribution in [0, 0.1) is 6.92 Å². The summed E-state index contributed by atoms with van der Waals surface area (Å²) in [6, 6.07) is 5.39. The predicted molar refractivity (Wildman–Crippen MR) is 88.2 cm³/mol. The number of likely N-dealkylation sites (tertiary alicyclic amines) is 1. The van der Waals surface area contributed by atoms with Gasteiger partial charge in [-0.15, -0.1) is 0 Å². The van der Waals surface area contributed by atoms with E-state index in [-0.39, 0.29) is 18.3 Å². The van der Waals surface area contributed by atoms with Gasteiger partial charge in [0.1, 0.15) is 11.3 Å². The summed E-state index contributed by atoms with van der Waals surface area (Å²) in [5, 5.41) is 0.804. The zero-order valence-electron chi connectivity index (χ0n) is 14.0. The Bertz CT molecular complexity index is 758. The summed E-state index contributed by atoms with van der Waals surface area (Å²) < 4.78 is 16.2. The van der Waals surface area contributed by atoms with Crippen molar-refractivity contribution in [3.05, 3.63) is 29.5 Å². The number of carbonyl (C=O) groups excluding carboxylic acids is 2. The van der Waals surface area contributed by atoms with Crippen LogP contribution < -0.4 is 4.74 Å². The number of aryl methyl sites for hydroxylation is 1. The molecule has 1 aromatic heterocycles. The molecule has 0 bridgehead atoms. The third-order valence-electron chi connectivity index (χ3n) is 4.19. The molecular formula is C18H21NO5. The Morgan fingerprint density at radius 1 is 1.25 bits per heavy atom. The maximum absolute atomic E-state index is 12.2. The highest BCUT2D eigenvalue weighted by atomic mass is 16.5. The molecule has 3 rings (SSSR count). The fourth-order valence-electron chi connectivity index (χ4n) is 2.90. The van der Waals surface area contributed by atoms with Gasteiger partial charge < -0.3 is 18.8 Å². The molecule has 1 amide bonds. The number of benzene rings is 1. The minimum atomic E-state index is -0.616. The normalized spacial score (nSPS) is 14.2. The van der Waals surface area contributed by atoms with Crippen LogP contribution in [0.25, 0.3) is 11.0 Å². The number of nitrogens with zero attached hydrogens (tertiary/aromatic N) is 1. The van der Waals surface area contributed by atoms with Crippen LogP contribution in [0.4, 0.5) is 0 Å². The van der Waals surface area contributed by atoms with Gasteiger partial charge in [-0.1, -0.05) is 0 Å². The van der Waals surface area contributed by atoms with Crippen molar-refractivity contribution < 1.29 is 23.5 Å². The lowest BCUT2D eigenvalue weighted by molar-refractivity contribution is -0.133. The van der Waals surface area contributed by atoms with Crippen molar-refractivity contribution in [1.82, 2.24) is 4.90 Å². The van der Waals surface area contributed by atoms with Gasteiger partial charge in [0.05, 0.1) is 6.61 Å². The number of hydrogen-bond donors (Lipinski definition) is 0. The van der Waals surface area contributed by atoms with E-state index in [4.69, 9.17) is 13.9 Å². The van der Waals surface area contributed by atoms with Gasteiger partial charge in [0, 0.05) is 24.0 Å². The van der Waals surface area contributed by atoms with E-state index in [1.807, 2.05) is 13.0 Å². The molecule has 0 saturated carbocycles. The van der Waals surface area contributed by atoms with Crippen LogP contribution >= 0.6 is 0 Å². The van der Waals surface area contributed by atoms with E-state index in [1.165, 1.54) is 0 Å². The monoisotopic (exact) mass is 331 g/mol. The number of rotatable bonds is 5. The Morgan fingerprint density at radius 3 is 2.71 bits per heavy atom. The predicted octanol–water partition coefficient (Wildman–Crippen LogP) is 2.92. The van der Waals surface area contributed by atoms with Crippen molar-refractivity contribution in [2.24, 2.45) is 0 Å². The Kier molecular flexibility index (Phi) is 4.74. The number of amides is 1. The third-order valence-corrected chi connectivity index (χ3v) is 4.19. The second-order valence-electron chi connectivity index (χ2n) is 5.81. The Balaban J connectivity index is 1.72. The van der Waals surface area contributed by atoms with Gasteiger partial charge in [-0.25, -0.2) is 4.79 Å². The van der Waals surface area contributed by atoms with Crippen molar-refractivity contribution in [2.75, 3.05) is 26.3 Å². The van der Waals surface area contributed by atoms with Gasteiger partial charge in [-0.2, -0.15) is 0 Å². The highest BCUT2D eigenvalue weighted by molar-refractivity contribution is 5.97. The van der Waals surface area contributed by atoms with E-state index in [9.17, 15) is 9.59 Å². The molecule has 0 spiro atoms. The van der Waals surface area contributed by atoms with E-state index in [2.05, 4.69) is 0 Å². The van der Waals surface area contributed by atoms with Crippen LogP contribution in [-0.4, -0.2) is 43.1 Å². The quantitative estimate of drug-likeness (QED) is 0.788. The Morgan fingerprint density at radius 2 is 2.00 bits per heavy atom. The molecule has 6 nitrogen and oxygen atoms in total.